The number of anilines is 1. The van der Waals surface area contributed by atoms with Crippen LogP contribution in [0.4, 0.5) is 5.69 Å². The first kappa shape index (κ1) is 22.5. The zero-order valence-electron chi connectivity index (χ0n) is 20.8. The number of likely N-dealkylation sites (N-methyl/N-ethyl adjacent to an activating group) is 1. The van der Waals surface area contributed by atoms with E-state index in [2.05, 4.69) is 54.2 Å². The highest BCUT2D eigenvalue weighted by Crippen LogP contribution is 2.34. The van der Waals surface area contributed by atoms with Crippen LogP contribution in [0.2, 0.25) is 0 Å². The standard InChI is InChI=1S/C28H31N7O/c1-34(2)13-14-36-20-15-19(17-29-18-20)22-9-10-24-27(31-22)28(33-32-24)25-16-21-23(30-25)7-6-8-26(21)35-11-4-3-5-12-35/h6-10,15-18,30H,3-5,11-14H2,1-2H3,(H,32,33). The minimum Gasteiger partial charge on any atom is -0.491 e. The molecule has 1 saturated heterocycles. The number of hydrogen-bond donors (Lipinski definition) is 2. The molecule has 0 unspecified atom stereocenters. The molecule has 184 valence electrons. The van der Waals surface area contributed by atoms with E-state index in [-0.39, 0.29) is 0 Å². The molecule has 1 fully saturated rings. The molecule has 8 nitrogen and oxygen atoms in total. The molecule has 36 heavy (non-hydrogen) atoms. The summed E-state index contributed by atoms with van der Waals surface area (Å²) in [5.41, 5.74) is 7.67. The van der Waals surface area contributed by atoms with E-state index in [4.69, 9.17) is 9.72 Å². The topological polar surface area (TPSA) is 86.0 Å². The van der Waals surface area contributed by atoms with Gasteiger partial charge in [-0.05, 0) is 69.8 Å². The van der Waals surface area contributed by atoms with E-state index in [1.54, 1.807) is 6.20 Å². The number of nitrogens with zero attached hydrogens (tertiary/aromatic N) is 5. The third kappa shape index (κ3) is 4.40. The molecule has 0 saturated carbocycles. The van der Waals surface area contributed by atoms with Gasteiger partial charge >= 0.3 is 0 Å². The molecule has 0 spiro atoms. The van der Waals surface area contributed by atoms with Gasteiger partial charge < -0.3 is 19.5 Å². The minimum atomic E-state index is 0.607. The largest absolute Gasteiger partial charge is 0.491 e. The van der Waals surface area contributed by atoms with Crippen LogP contribution in [-0.4, -0.2) is 70.4 Å². The molecule has 1 aliphatic rings. The van der Waals surface area contributed by atoms with Crippen molar-refractivity contribution in [3.8, 4) is 28.4 Å². The van der Waals surface area contributed by atoms with Gasteiger partial charge in [0.15, 0.2) is 0 Å². The van der Waals surface area contributed by atoms with Gasteiger partial charge in [0.2, 0.25) is 0 Å². The van der Waals surface area contributed by atoms with Crippen molar-refractivity contribution in [2.24, 2.45) is 0 Å². The fourth-order valence-electron chi connectivity index (χ4n) is 4.91. The second-order valence-corrected chi connectivity index (χ2v) is 9.70. The molecule has 1 aromatic carbocycles. The number of rotatable bonds is 7. The maximum absolute atomic E-state index is 5.88. The van der Waals surface area contributed by atoms with Gasteiger partial charge in [-0.1, -0.05) is 6.07 Å². The lowest BCUT2D eigenvalue weighted by Crippen LogP contribution is -2.29. The van der Waals surface area contributed by atoms with Gasteiger partial charge in [0.1, 0.15) is 23.6 Å². The summed E-state index contributed by atoms with van der Waals surface area (Å²) >= 11 is 0. The normalized spacial score (nSPS) is 14.2. The van der Waals surface area contributed by atoms with E-state index in [1.165, 1.54) is 30.3 Å². The van der Waals surface area contributed by atoms with Crippen LogP contribution in [0, 0.1) is 0 Å². The lowest BCUT2D eigenvalue weighted by molar-refractivity contribution is 0.261. The molecule has 4 aromatic heterocycles. The summed E-state index contributed by atoms with van der Waals surface area (Å²) in [5, 5.41) is 9.01. The fraction of sp³-hybridized carbons (Fsp3) is 0.321. The Labute approximate surface area is 210 Å². The van der Waals surface area contributed by atoms with Gasteiger partial charge in [0.25, 0.3) is 0 Å². The maximum Gasteiger partial charge on any atom is 0.138 e. The fourth-order valence-corrected chi connectivity index (χ4v) is 4.91. The Morgan fingerprint density at radius 3 is 2.75 bits per heavy atom. The van der Waals surface area contributed by atoms with Crippen molar-refractivity contribution in [1.82, 2.24) is 30.0 Å². The zero-order valence-corrected chi connectivity index (χ0v) is 20.8. The lowest BCUT2D eigenvalue weighted by Gasteiger charge is -2.29. The van der Waals surface area contributed by atoms with Crippen LogP contribution in [-0.2, 0) is 0 Å². The van der Waals surface area contributed by atoms with E-state index in [1.807, 2.05) is 38.5 Å². The van der Waals surface area contributed by atoms with Crippen molar-refractivity contribution in [2.45, 2.75) is 19.3 Å². The third-order valence-corrected chi connectivity index (χ3v) is 6.82. The molecule has 0 atom stereocenters. The van der Waals surface area contributed by atoms with Crippen LogP contribution < -0.4 is 9.64 Å². The smallest absolute Gasteiger partial charge is 0.138 e. The number of benzene rings is 1. The lowest BCUT2D eigenvalue weighted by atomic mass is 10.1. The van der Waals surface area contributed by atoms with E-state index < -0.39 is 0 Å². The van der Waals surface area contributed by atoms with Crippen molar-refractivity contribution in [1.29, 1.82) is 0 Å². The Balaban J connectivity index is 1.34. The predicted molar refractivity (Wildman–Crippen MR) is 145 cm³/mol. The van der Waals surface area contributed by atoms with E-state index in [9.17, 15) is 0 Å². The predicted octanol–water partition coefficient (Wildman–Crippen LogP) is 5.10. The minimum absolute atomic E-state index is 0.607. The van der Waals surface area contributed by atoms with Crippen LogP contribution in [0.1, 0.15) is 19.3 Å². The first-order valence-corrected chi connectivity index (χ1v) is 12.6. The van der Waals surface area contributed by atoms with Crippen molar-refractivity contribution in [3.05, 3.63) is 54.9 Å². The Kier molecular flexibility index (Phi) is 6.03. The molecule has 6 rings (SSSR count). The molecule has 0 amide bonds. The van der Waals surface area contributed by atoms with E-state index in [0.29, 0.717) is 6.61 Å². The number of aromatic amines is 2. The quantitative estimate of drug-likeness (QED) is 0.336. The second-order valence-electron chi connectivity index (χ2n) is 9.70. The summed E-state index contributed by atoms with van der Waals surface area (Å²) in [6.07, 6.45) is 7.38. The van der Waals surface area contributed by atoms with Crippen LogP contribution >= 0.6 is 0 Å². The Morgan fingerprint density at radius 1 is 1.00 bits per heavy atom. The van der Waals surface area contributed by atoms with Gasteiger partial charge in [-0.25, -0.2) is 4.98 Å². The molecular weight excluding hydrogens is 450 g/mol. The van der Waals surface area contributed by atoms with Gasteiger partial charge in [-0.15, -0.1) is 0 Å². The summed E-state index contributed by atoms with van der Waals surface area (Å²) in [4.78, 5) is 17.5. The van der Waals surface area contributed by atoms with Crippen LogP contribution in [0.5, 0.6) is 5.75 Å². The molecule has 0 aliphatic carbocycles. The number of ether oxygens (including phenoxy) is 1. The first-order valence-electron chi connectivity index (χ1n) is 12.6. The summed E-state index contributed by atoms with van der Waals surface area (Å²) < 4.78 is 5.88. The van der Waals surface area contributed by atoms with Crippen molar-refractivity contribution in [2.75, 3.05) is 45.2 Å². The summed E-state index contributed by atoms with van der Waals surface area (Å²) in [6, 6.07) is 14.7. The first-order chi connectivity index (χ1) is 17.7. The number of fused-ring (bicyclic) bond motifs is 2. The second kappa shape index (κ2) is 9.62. The average Bonchev–Trinajstić information content (AvgIpc) is 3.53. The van der Waals surface area contributed by atoms with E-state index in [0.717, 1.165) is 64.6 Å². The Hall–Kier alpha value is -3.91. The third-order valence-electron chi connectivity index (χ3n) is 6.82. The highest BCUT2D eigenvalue weighted by molar-refractivity contribution is 5.99. The Morgan fingerprint density at radius 2 is 1.89 bits per heavy atom. The molecule has 2 N–H and O–H groups in total. The number of hydrogen-bond acceptors (Lipinski definition) is 6. The summed E-state index contributed by atoms with van der Waals surface area (Å²) in [7, 11) is 4.06. The number of aromatic nitrogens is 5. The molecule has 0 radical (unpaired) electrons. The molecule has 1 aliphatic heterocycles. The number of piperidine rings is 1. The highest BCUT2D eigenvalue weighted by Gasteiger charge is 2.18. The molecule has 8 heteroatoms. The van der Waals surface area contributed by atoms with Crippen molar-refractivity contribution < 1.29 is 4.74 Å². The van der Waals surface area contributed by atoms with Crippen molar-refractivity contribution >= 4 is 27.6 Å². The number of nitrogens with one attached hydrogen (secondary N) is 2. The van der Waals surface area contributed by atoms with Gasteiger partial charge in [0.05, 0.1) is 23.1 Å². The Bertz CT molecular complexity index is 1500. The van der Waals surface area contributed by atoms with Crippen LogP contribution in [0.15, 0.2) is 54.9 Å². The zero-order chi connectivity index (χ0) is 24.5. The molecule has 0 bridgehead atoms. The van der Waals surface area contributed by atoms with Gasteiger partial charge in [0, 0.05) is 48.0 Å². The SMILES string of the molecule is CN(C)CCOc1cncc(-c2ccc3[nH]nc(-c4cc5c(N6CCCCC6)cccc5[nH]4)c3n2)c1. The van der Waals surface area contributed by atoms with Crippen molar-refractivity contribution in [3.63, 3.8) is 0 Å². The molecule has 5 aromatic rings. The van der Waals surface area contributed by atoms with E-state index >= 15 is 0 Å². The van der Waals surface area contributed by atoms with Gasteiger partial charge in [-0.3, -0.25) is 10.1 Å². The van der Waals surface area contributed by atoms with Gasteiger partial charge in [-0.2, -0.15) is 5.10 Å². The number of H-pyrrole nitrogens is 2. The summed E-state index contributed by atoms with van der Waals surface area (Å²) in [5.74, 6) is 0.740. The van der Waals surface area contributed by atoms with Crippen LogP contribution in [0.3, 0.4) is 0 Å². The highest BCUT2D eigenvalue weighted by atomic mass is 16.5. The average molecular weight is 482 g/mol. The van der Waals surface area contributed by atoms with Crippen LogP contribution in [0.25, 0.3) is 44.6 Å². The molecule has 5 heterocycles. The summed E-state index contributed by atoms with van der Waals surface area (Å²) in [6.45, 7) is 3.68. The molecular formula is C28H31N7O. The maximum atomic E-state index is 5.88. The number of pyridine rings is 2. The monoisotopic (exact) mass is 481 g/mol.